The van der Waals surface area contributed by atoms with Gasteiger partial charge < -0.3 is 14.8 Å². The largest absolute Gasteiger partial charge is 0.484 e. The molecule has 0 saturated carbocycles. The van der Waals surface area contributed by atoms with Gasteiger partial charge in [-0.3, -0.25) is 9.69 Å². The minimum Gasteiger partial charge on any atom is -0.484 e. The summed E-state index contributed by atoms with van der Waals surface area (Å²) < 4.78 is 10.8. The second-order valence-electron chi connectivity index (χ2n) is 6.09. The van der Waals surface area contributed by atoms with Crippen LogP contribution in [-0.4, -0.2) is 43.7 Å². The van der Waals surface area contributed by atoms with Gasteiger partial charge in [0.05, 0.1) is 13.2 Å². The van der Waals surface area contributed by atoms with Crippen molar-refractivity contribution >= 4 is 5.91 Å². The number of para-hydroxylation sites is 1. The quantitative estimate of drug-likeness (QED) is 0.840. The lowest BCUT2D eigenvalue weighted by molar-refractivity contribution is -0.123. The normalized spacial score (nSPS) is 14.9. The number of carbonyl (C=O) groups is 1. The van der Waals surface area contributed by atoms with Crippen molar-refractivity contribution in [2.75, 3.05) is 32.9 Å². The second-order valence-corrected chi connectivity index (χ2v) is 6.09. The SMILES string of the molecule is O=C(COc1ccccc1)NCc1cccc(CN2CCOCC2)c1. The summed E-state index contributed by atoms with van der Waals surface area (Å²) in [4.78, 5) is 14.3. The Morgan fingerprint density at radius 1 is 1.04 bits per heavy atom. The van der Waals surface area contributed by atoms with Crippen LogP contribution in [0.1, 0.15) is 11.1 Å². The Hall–Kier alpha value is -2.37. The number of ether oxygens (including phenoxy) is 2. The van der Waals surface area contributed by atoms with Gasteiger partial charge in [-0.2, -0.15) is 0 Å². The third-order valence-corrected chi connectivity index (χ3v) is 4.10. The van der Waals surface area contributed by atoms with Gasteiger partial charge in [-0.25, -0.2) is 0 Å². The van der Waals surface area contributed by atoms with Crippen molar-refractivity contribution in [3.05, 3.63) is 65.7 Å². The molecule has 1 saturated heterocycles. The lowest BCUT2D eigenvalue weighted by Gasteiger charge is -2.26. The minimum atomic E-state index is -0.123. The standard InChI is InChI=1S/C20H24N2O3/c23-20(16-25-19-7-2-1-3-8-19)21-14-17-5-4-6-18(13-17)15-22-9-11-24-12-10-22/h1-8,13H,9-12,14-16H2,(H,21,23). The molecular formula is C20H24N2O3. The molecule has 0 spiro atoms. The molecule has 25 heavy (non-hydrogen) atoms. The average Bonchev–Trinajstić information content (AvgIpc) is 2.67. The van der Waals surface area contributed by atoms with Crippen LogP contribution < -0.4 is 10.1 Å². The maximum Gasteiger partial charge on any atom is 0.258 e. The molecule has 0 aliphatic carbocycles. The van der Waals surface area contributed by atoms with Gasteiger partial charge in [0, 0.05) is 26.2 Å². The van der Waals surface area contributed by atoms with Gasteiger partial charge in [0.1, 0.15) is 5.75 Å². The number of amides is 1. The highest BCUT2D eigenvalue weighted by Crippen LogP contribution is 2.10. The average molecular weight is 340 g/mol. The Morgan fingerprint density at radius 2 is 1.80 bits per heavy atom. The van der Waals surface area contributed by atoms with E-state index in [9.17, 15) is 4.79 Å². The van der Waals surface area contributed by atoms with Crippen molar-refractivity contribution in [1.82, 2.24) is 10.2 Å². The topological polar surface area (TPSA) is 50.8 Å². The molecule has 0 unspecified atom stereocenters. The van der Waals surface area contributed by atoms with E-state index in [1.807, 2.05) is 42.5 Å². The molecule has 1 aliphatic rings. The highest BCUT2D eigenvalue weighted by Gasteiger charge is 2.11. The van der Waals surface area contributed by atoms with Crippen molar-refractivity contribution in [1.29, 1.82) is 0 Å². The number of hydrogen-bond donors (Lipinski definition) is 1. The van der Waals surface area contributed by atoms with E-state index >= 15 is 0 Å². The summed E-state index contributed by atoms with van der Waals surface area (Å²) in [6, 6.07) is 17.7. The predicted octanol–water partition coefficient (Wildman–Crippen LogP) is 2.21. The summed E-state index contributed by atoms with van der Waals surface area (Å²) in [6.07, 6.45) is 0. The fourth-order valence-corrected chi connectivity index (χ4v) is 2.77. The van der Waals surface area contributed by atoms with Crippen LogP contribution in [0.25, 0.3) is 0 Å². The Balaban J connectivity index is 1.44. The fourth-order valence-electron chi connectivity index (χ4n) is 2.77. The van der Waals surface area contributed by atoms with Gasteiger partial charge in [-0.1, -0.05) is 42.5 Å². The molecule has 0 aromatic heterocycles. The van der Waals surface area contributed by atoms with E-state index in [0.29, 0.717) is 12.3 Å². The predicted molar refractivity (Wildman–Crippen MR) is 96.3 cm³/mol. The van der Waals surface area contributed by atoms with E-state index in [1.54, 1.807) is 0 Å². The molecule has 0 bridgehead atoms. The maximum absolute atomic E-state index is 11.9. The Bertz CT molecular complexity index is 670. The van der Waals surface area contributed by atoms with Crippen LogP contribution in [0.15, 0.2) is 54.6 Å². The van der Waals surface area contributed by atoms with Gasteiger partial charge >= 0.3 is 0 Å². The highest BCUT2D eigenvalue weighted by molar-refractivity contribution is 5.77. The van der Waals surface area contributed by atoms with Crippen LogP contribution in [0.5, 0.6) is 5.75 Å². The molecule has 132 valence electrons. The maximum atomic E-state index is 11.9. The first-order chi connectivity index (χ1) is 12.3. The molecule has 1 heterocycles. The minimum absolute atomic E-state index is 0.0253. The monoisotopic (exact) mass is 340 g/mol. The van der Waals surface area contributed by atoms with E-state index in [-0.39, 0.29) is 12.5 Å². The summed E-state index contributed by atoms with van der Waals surface area (Å²) in [5.41, 5.74) is 2.35. The molecule has 5 heteroatoms. The fraction of sp³-hybridized carbons (Fsp3) is 0.350. The van der Waals surface area contributed by atoms with Gasteiger partial charge in [-0.05, 0) is 23.3 Å². The zero-order chi connectivity index (χ0) is 17.3. The van der Waals surface area contributed by atoms with Crippen LogP contribution in [0.2, 0.25) is 0 Å². The number of rotatable bonds is 7. The van der Waals surface area contributed by atoms with E-state index in [2.05, 4.69) is 22.3 Å². The Labute approximate surface area is 148 Å². The number of hydrogen-bond acceptors (Lipinski definition) is 4. The number of morpholine rings is 1. The number of carbonyl (C=O) groups excluding carboxylic acids is 1. The third-order valence-electron chi connectivity index (χ3n) is 4.10. The van der Waals surface area contributed by atoms with E-state index in [4.69, 9.17) is 9.47 Å². The third kappa shape index (κ3) is 5.89. The molecule has 2 aromatic rings. The van der Waals surface area contributed by atoms with Crippen LogP contribution in [0, 0.1) is 0 Å². The van der Waals surface area contributed by atoms with Crippen molar-refractivity contribution in [2.45, 2.75) is 13.1 Å². The van der Waals surface area contributed by atoms with Gasteiger partial charge in [-0.15, -0.1) is 0 Å². The number of nitrogens with zero attached hydrogens (tertiary/aromatic N) is 1. The number of nitrogens with one attached hydrogen (secondary N) is 1. The first kappa shape index (κ1) is 17.5. The zero-order valence-corrected chi connectivity index (χ0v) is 14.3. The summed E-state index contributed by atoms with van der Waals surface area (Å²) in [5.74, 6) is 0.576. The molecule has 1 N–H and O–H groups in total. The summed E-state index contributed by atoms with van der Waals surface area (Å²) in [6.45, 7) is 5.00. The van der Waals surface area contributed by atoms with E-state index in [1.165, 1.54) is 5.56 Å². The van der Waals surface area contributed by atoms with Crippen molar-refractivity contribution in [2.24, 2.45) is 0 Å². The first-order valence-corrected chi connectivity index (χ1v) is 8.62. The highest BCUT2D eigenvalue weighted by atomic mass is 16.5. The zero-order valence-electron chi connectivity index (χ0n) is 14.3. The van der Waals surface area contributed by atoms with E-state index in [0.717, 1.165) is 38.4 Å². The van der Waals surface area contributed by atoms with Crippen molar-refractivity contribution in [3.63, 3.8) is 0 Å². The molecule has 1 fully saturated rings. The molecule has 0 atom stereocenters. The van der Waals surface area contributed by atoms with Gasteiger partial charge in [0.2, 0.25) is 0 Å². The Morgan fingerprint density at radius 3 is 2.60 bits per heavy atom. The second kappa shape index (κ2) is 9.20. The first-order valence-electron chi connectivity index (χ1n) is 8.62. The Kier molecular flexibility index (Phi) is 6.42. The number of benzene rings is 2. The van der Waals surface area contributed by atoms with Crippen molar-refractivity contribution in [3.8, 4) is 5.75 Å². The molecule has 2 aromatic carbocycles. The summed E-state index contributed by atoms with van der Waals surface area (Å²) in [7, 11) is 0. The molecule has 1 aliphatic heterocycles. The van der Waals surface area contributed by atoms with Crippen LogP contribution >= 0.6 is 0 Å². The van der Waals surface area contributed by atoms with Crippen molar-refractivity contribution < 1.29 is 14.3 Å². The molecule has 3 rings (SSSR count). The lowest BCUT2D eigenvalue weighted by Crippen LogP contribution is -2.35. The molecular weight excluding hydrogens is 316 g/mol. The molecule has 5 nitrogen and oxygen atoms in total. The molecule has 1 amide bonds. The van der Waals surface area contributed by atoms with Crippen LogP contribution in [0.3, 0.4) is 0 Å². The summed E-state index contributed by atoms with van der Waals surface area (Å²) >= 11 is 0. The smallest absolute Gasteiger partial charge is 0.258 e. The van der Waals surface area contributed by atoms with Gasteiger partial charge in [0.25, 0.3) is 5.91 Å². The van der Waals surface area contributed by atoms with Crippen LogP contribution in [0.4, 0.5) is 0 Å². The van der Waals surface area contributed by atoms with E-state index < -0.39 is 0 Å². The lowest BCUT2D eigenvalue weighted by atomic mass is 10.1. The molecule has 0 radical (unpaired) electrons. The van der Waals surface area contributed by atoms with Crippen LogP contribution in [-0.2, 0) is 22.6 Å². The summed E-state index contributed by atoms with van der Waals surface area (Å²) in [5, 5.41) is 2.90. The van der Waals surface area contributed by atoms with Gasteiger partial charge in [0.15, 0.2) is 6.61 Å².